The quantitative estimate of drug-likeness (QED) is 0.0274. The summed E-state index contributed by atoms with van der Waals surface area (Å²) in [5.41, 5.74) is 0. The van der Waals surface area contributed by atoms with Crippen molar-refractivity contribution in [3.8, 4) is 0 Å². The van der Waals surface area contributed by atoms with Crippen LogP contribution in [0.5, 0.6) is 0 Å². The second kappa shape index (κ2) is 42.4. The monoisotopic (exact) mass is 801 g/mol. The normalized spacial score (nSPS) is 12.9. The number of hydrogen-bond donors (Lipinski definition) is 4. The Bertz CT molecular complexity index is 1100. The fraction of sp³-hybridized carbons (Fsp3) is 0.750. The van der Waals surface area contributed by atoms with Crippen LogP contribution in [0.2, 0.25) is 0 Å². The predicted octanol–water partition coefficient (Wildman–Crippen LogP) is 11.5. The van der Waals surface area contributed by atoms with Crippen LogP contribution in [0, 0.1) is 0 Å². The minimum Gasteiger partial charge on any atom is -0.480 e. The zero-order valence-corrected chi connectivity index (χ0v) is 36.3. The number of esters is 1. The largest absolute Gasteiger partial charge is 0.480 e. The summed E-state index contributed by atoms with van der Waals surface area (Å²) >= 11 is 0. The fourth-order valence-electron chi connectivity index (χ4n) is 6.44. The third-order valence-electron chi connectivity index (χ3n) is 10.0. The Morgan fingerprint density at radius 3 is 1.56 bits per heavy atom. The van der Waals surface area contributed by atoms with Gasteiger partial charge in [-0.2, -0.15) is 0 Å². The third kappa shape index (κ3) is 39.4. The van der Waals surface area contributed by atoms with Crippen LogP contribution in [0.3, 0.4) is 0 Å². The molecule has 0 heterocycles. The number of aliphatic carboxylic acids is 1. The fourth-order valence-corrected chi connectivity index (χ4v) is 6.44. The van der Waals surface area contributed by atoms with Crippen molar-refractivity contribution in [2.45, 2.75) is 219 Å². The molecule has 0 aromatic heterocycles. The summed E-state index contributed by atoms with van der Waals surface area (Å²) in [6.07, 6.45) is 50.3. The molecule has 2 unspecified atom stereocenters. The Kier molecular flexibility index (Phi) is 40.0. The van der Waals surface area contributed by atoms with Crippen LogP contribution in [-0.4, -0.2) is 59.3 Å². The van der Waals surface area contributed by atoms with Gasteiger partial charge in [-0.05, 0) is 76.7 Å². The van der Waals surface area contributed by atoms with E-state index in [2.05, 4.69) is 67.0 Å². The molecule has 0 aliphatic carbocycles. The molecule has 0 aliphatic rings. The highest BCUT2D eigenvalue weighted by molar-refractivity contribution is 5.87. The van der Waals surface area contributed by atoms with Gasteiger partial charge in [0.25, 0.3) is 0 Å². The molecule has 2 amide bonds. The number of unbranched alkanes of at least 4 members (excludes halogenated alkanes) is 21. The molecule has 0 radical (unpaired) electrons. The van der Waals surface area contributed by atoms with Crippen molar-refractivity contribution >= 4 is 23.8 Å². The molecule has 2 atom stereocenters. The van der Waals surface area contributed by atoms with Crippen LogP contribution in [0.1, 0.15) is 206 Å². The van der Waals surface area contributed by atoms with Gasteiger partial charge in [0, 0.05) is 12.8 Å². The average Bonchev–Trinajstić information content (AvgIpc) is 3.20. The molecule has 4 N–H and O–H groups in total. The lowest BCUT2D eigenvalue weighted by Gasteiger charge is -2.15. The Labute approximate surface area is 348 Å². The van der Waals surface area contributed by atoms with Crippen molar-refractivity contribution in [1.29, 1.82) is 0 Å². The van der Waals surface area contributed by atoms with Crippen molar-refractivity contribution in [3.63, 3.8) is 0 Å². The molecular formula is C48H84N2O7. The molecule has 0 aromatic carbocycles. The molecule has 0 aliphatic heterocycles. The number of carbonyl (C=O) groups is 4. The van der Waals surface area contributed by atoms with E-state index in [0.717, 1.165) is 57.8 Å². The Balaban J connectivity index is 4.09. The third-order valence-corrected chi connectivity index (χ3v) is 10.0. The lowest BCUT2D eigenvalue weighted by molar-refractivity contribution is -0.147. The molecule has 0 spiro atoms. The van der Waals surface area contributed by atoms with Crippen LogP contribution < -0.4 is 10.6 Å². The molecular weight excluding hydrogens is 717 g/mol. The zero-order chi connectivity index (χ0) is 41.9. The van der Waals surface area contributed by atoms with E-state index in [9.17, 15) is 19.2 Å². The molecule has 0 bridgehead atoms. The van der Waals surface area contributed by atoms with Crippen LogP contribution in [0.25, 0.3) is 0 Å². The molecule has 0 aromatic rings. The lowest BCUT2D eigenvalue weighted by Crippen LogP contribution is -2.47. The number of allylic oxidation sites excluding steroid dienone is 7. The number of amides is 2. The number of ether oxygens (including phenoxy) is 1. The number of aliphatic hydroxyl groups excluding tert-OH is 1. The first-order chi connectivity index (χ1) is 27.8. The summed E-state index contributed by atoms with van der Waals surface area (Å²) in [6, 6.07) is -1.39. The number of carboxylic acids is 1. The summed E-state index contributed by atoms with van der Waals surface area (Å²) in [5.74, 6) is -2.43. The molecule has 9 nitrogen and oxygen atoms in total. The summed E-state index contributed by atoms with van der Waals surface area (Å²) in [4.78, 5) is 47.5. The average molecular weight is 801 g/mol. The molecule has 57 heavy (non-hydrogen) atoms. The van der Waals surface area contributed by atoms with E-state index in [0.29, 0.717) is 12.8 Å². The van der Waals surface area contributed by atoms with Crippen LogP contribution in [0.4, 0.5) is 0 Å². The molecule has 328 valence electrons. The Hall–Kier alpha value is -3.20. The van der Waals surface area contributed by atoms with Crippen molar-refractivity contribution in [2.24, 2.45) is 0 Å². The maximum absolute atomic E-state index is 12.7. The lowest BCUT2D eigenvalue weighted by atomic mass is 10.0. The number of carbonyl (C=O) groups excluding carboxylic acids is 3. The van der Waals surface area contributed by atoms with E-state index in [1.54, 1.807) is 0 Å². The van der Waals surface area contributed by atoms with Crippen molar-refractivity contribution in [3.05, 3.63) is 48.6 Å². The molecule has 9 heteroatoms. The van der Waals surface area contributed by atoms with E-state index in [-0.39, 0.29) is 30.9 Å². The zero-order valence-electron chi connectivity index (χ0n) is 36.3. The van der Waals surface area contributed by atoms with Gasteiger partial charge in [0.1, 0.15) is 12.1 Å². The molecule has 0 fully saturated rings. The van der Waals surface area contributed by atoms with E-state index < -0.39 is 24.5 Å². The maximum atomic E-state index is 12.7. The Morgan fingerprint density at radius 1 is 0.544 bits per heavy atom. The smallest absolute Gasteiger partial charge is 0.328 e. The number of hydrogen-bond acceptors (Lipinski definition) is 6. The van der Waals surface area contributed by atoms with E-state index >= 15 is 0 Å². The highest BCUT2D eigenvalue weighted by atomic mass is 16.5. The number of carboxylic acid groups (broad SMARTS) is 1. The van der Waals surface area contributed by atoms with Gasteiger partial charge < -0.3 is 25.6 Å². The van der Waals surface area contributed by atoms with Gasteiger partial charge in [-0.1, -0.05) is 166 Å². The molecule has 0 rings (SSSR count). The van der Waals surface area contributed by atoms with Crippen molar-refractivity contribution < 1.29 is 34.1 Å². The van der Waals surface area contributed by atoms with Crippen LogP contribution >= 0.6 is 0 Å². The first kappa shape index (κ1) is 53.8. The summed E-state index contributed by atoms with van der Waals surface area (Å²) in [5, 5.41) is 22.5. The summed E-state index contributed by atoms with van der Waals surface area (Å²) in [7, 11) is 0. The summed E-state index contributed by atoms with van der Waals surface area (Å²) in [6.45, 7) is 3.39. The first-order valence-electron chi connectivity index (χ1n) is 23.0. The van der Waals surface area contributed by atoms with Crippen LogP contribution in [0.15, 0.2) is 48.6 Å². The predicted molar refractivity (Wildman–Crippen MR) is 236 cm³/mol. The number of rotatable bonds is 41. The van der Waals surface area contributed by atoms with Gasteiger partial charge in [-0.15, -0.1) is 0 Å². The van der Waals surface area contributed by atoms with E-state index in [1.165, 1.54) is 116 Å². The van der Waals surface area contributed by atoms with Gasteiger partial charge in [0.15, 0.2) is 0 Å². The maximum Gasteiger partial charge on any atom is 0.328 e. The van der Waals surface area contributed by atoms with E-state index in [4.69, 9.17) is 14.9 Å². The standard InChI is InChI=1S/C48H84N2O7/c1-3-5-7-9-11-12-13-14-15-16-17-18-19-20-21-22-23-24-25-26-28-30-36-40-47(54)57-43(37-33-29-27-10-8-6-4-2)38-34-31-32-35-39-45(52)49-41-46(53)50-44(42-51)48(55)56/h10,13-14,16-17,27,33,37,43-44,51H,3-9,11-12,15,18-26,28-32,34-36,38-42H2,1-2H3,(H,49,52)(H,50,53)(H,55,56)/b14-13-,17-16-,27-10-,37-33-. The topological polar surface area (TPSA) is 142 Å². The van der Waals surface area contributed by atoms with Crippen LogP contribution in [-0.2, 0) is 23.9 Å². The highest BCUT2D eigenvalue weighted by Gasteiger charge is 2.18. The second-order valence-corrected chi connectivity index (χ2v) is 15.5. The van der Waals surface area contributed by atoms with Crippen molar-refractivity contribution in [2.75, 3.05) is 13.2 Å². The second-order valence-electron chi connectivity index (χ2n) is 15.5. The number of aliphatic hydroxyl groups is 1. The van der Waals surface area contributed by atoms with Crippen molar-refractivity contribution in [1.82, 2.24) is 10.6 Å². The van der Waals surface area contributed by atoms with Gasteiger partial charge in [-0.25, -0.2) is 4.79 Å². The van der Waals surface area contributed by atoms with Gasteiger partial charge >= 0.3 is 11.9 Å². The van der Waals surface area contributed by atoms with Gasteiger partial charge in [-0.3, -0.25) is 14.4 Å². The van der Waals surface area contributed by atoms with E-state index in [1.807, 2.05) is 6.08 Å². The minimum absolute atomic E-state index is 0.131. The molecule has 0 saturated carbocycles. The number of nitrogens with one attached hydrogen (secondary N) is 2. The SMILES string of the molecule is CCCC/C=C\C/C=C\C(CCCCCCC(=O)NCC(=O)NC(CO)C(=O)O)OC(=O)CCCCCCCCCCCCC/C=C\C/C=C\CCCCCCC. The molecule has 0 saturated heterocycles. The van der Waals surface area contributed by atoms with Gasteiger partial charge in [0.05, 0.1) is 13.2 Å². The highest BCUT2D eigenvalue weighted by Crippen LogP contribution is 2.16. The minimum atomic E-state index is -1.39. The Morgan fingerprint density at radius 2 is 1.02 bits per heavy atom. The van der Waals surface area contributed by atoms with Gasteiger partial charge in [0.2, 0.25) is 11.8 Å². The first-order valence-corrected chi connectivity index (χ1v) is 23.0. The summed E-state index contributed by atoms with van der Waals surface area (Å²) < 4.78 is 5.88.